The van der Waals surface area contributed by atoms with E-state index in [1.54, 1.807) is 17.5 Å². The highest BCUT2D eigenvalue weighted by molar-refractivity contribution is 7.88. The van der Waals surface area contributed by atoms with Crippen molar-refractivity contribution in [3.05, 3.63) is 16.6 Å². The van der Waals surface area contributed by atoms with E-state index >= 15 is 0 Å². The SMILES string of the molecule is CS(=O)(=O)N1CCC(C(=O)N2CCCC2c2nccs2)CC1. The molecule has 0 saturated carbocycles. The molecular weight excluding hydrogens is 322 g/mol. The van der Waals surface area contributed by atoms with Gasteiger partial charge in [-0.25, -0.2) is 17.7 Å². The number of sulfonamides is 1. The first-order chi connectivity index (χ1) is 10.5. The standard InChI is InChI=1S/C14H21N3O3S2/c1-22(19,20)16-8-4-11(5-9-16)14(18)17-7-2-3-12(17)13-15-6-10-21-13/h6,10-12H,2-5,7-9H2,1H3. The summed E-state index contributed by atoms with van der Waals surface area (Å²) in [6.45, 7) is 1.69. The summed E-state index contributed by atoms with van der Waals surface area (Å²) in [6.07, 6.45) is 6.24. The fraction of sp³-hybridized carbons (Fsp3) is 0.714. The molecule has 8 heteroatoms. The molecule has 1 atom stereocenters. The van der Waals surface area contributed by atoms with E-state index in [1.807, 2.05) is 10.3 Å². The van der Waals surface area contributed by atoms with E-state index in [0.717, 1.165) is 24.4 Å². The zero-order valence-corrected chi connectivity index (χ0v) is 14.3. The van der Waals surface area contributed by atoms with Crippen molar-refractivity contribution in [2.45, 2.75) is 31.7 Å². The van der Waals surface area contributed by atoms with Gasteiger partial charge in [0, 0.05) is 37.1 Å². The molecule has 0 N–H and O–H groups in total. The molecule has 1 amide bonds. The Bertz CT molecular complexity index is 622. The summed E-state index contributed by atoms with van der Waals surface area (Å²) in [6, 6.07) is 0.112. The Hall–Kier alpha value is -0.990. The van der Waals surface area contributed by atoms with Crippen LogP contribution in [0.4, 0.5) is 0 Å². The second-order valence-electron chi connectivity index (χ2n) is 6.00. The van der Waals surface area contributed by atoms with Crippen molar-refractivity contribution in [3.63, 3.8) is 0 Å². The van der Waals surface area contributed by atoms with Crippen molar-refractivity contribution in [3.8, 4) is 0 Å². The fourth-order valence-corrected chi connectivity index (χ4v) is 5.01. The number of amides is 1. The lowest BCUT2D eigenvalue weighted by Crippen LogP contribution is -2.43. The first-order valence-corrected chi connectivity index (χ1v) is 10.3. The molecule has 1 aromatic rings. The van der Waals surface area contributed by atoms with Gasteiger partial charge in [-0.1, -0.05) is 0 Å². The third-order valence-corrected chi connectivity index (χ3v) is 6.72. The molecule has 0 aliphatic carbocycles. The summed E-state index contributed by atoms with van der Waals surface area (Å²) in [7, 11) is -3.14. The largest absolute Gasteiger partial charge is 0.333 e. The van der Waals surface area contributed by atoms with E-state index in [9.17, 15) is 13.2 Å². The third kappa shape index (κ3) is 3.18. The van der Waals surface area contributed by atoms with Crippen LogP contribution in [-0.2, 0) is 14.8 Å². The Labute approximate surface area is 135 Å². The van der Waals surface area contributed by atoms with Crippen LogP contribution < -0.4 is 0 Å². The van der Waals surface area contributed by atoms with Crippen LogP contribution in [0, 0.1) is 5.92 Å². The van der Waals surface area contributed by atoms with Crippen LogP contribution in [0.25, 0.3) is 0 Å². The number of likely N-dealkylation sites (tertiary alicyclic amines) is 1. The summed E-state index contributed by atoms with van der Waals surface area (Å²) in [5.41, 5.74) is 0. The summed E-state index contributed by atoms with van der Waals surface area (Å²) in [5.74, 6) is 0.115. The number of carbonyl (C=O) groups excluding carboxylic acids is 1. The van der Waals surface area contributed by atoms with Crippen LogP contribution in [0.1, 0.15) is 36.7 Å². The zero-order valence-electron chi connectivity index (χ0n) is 12.6. The topological polar surface area (TPSA) is 70.6 Å². The van der Waals surface area contributed by atoms with Crippen molar-refractivity contribution < 1.29 is 13.2 Å². The molecule has 2 saturated heterocycles. The second-order valence-corrected chi connectivity index (χ2v) is 8.90. The Morgan fingerprint density at radius 3 is 2.59 bits per heavy atom. The Kier molecular flexibility index (Phi) is 4.52. The van der Waals surface area contributed by atoms with Gasteiger partial charge in [0.15, 0.2) is 0 Å². The van der Waals surface area contributed by atoms with Gasteiger partial charge in [0.25, 0.3) is 0 Å². The number of thiazole rings is 1. The van der Waals surface area contributed by atoms with Crippen LogP contribution >= 0.6 is 11.3 Å². The van der Waals surface area contributed by atoms with Crippen molar-refractivity contribution in [2.75, 3.05) is 25.9 Å². The van der Waals surface area contributed by atoms with E-state index in [2.05, 4.69) is 4.98 Å². The lowest BCUT2D eigenvalue weighted by molar-refractivity contribution is -0.137. The predicted molar refractivity (Wildman–Crippen MR) is 84.9 cm³/mol. The van der Waals surface area contributed by atoms with Crippen LogP contribution in [0.15, 0.2) is 11.6 Å². The second kappa shape index (κ2) is 6.25. The molecule has 3 rings (SSSR count). The molecule has 1 unspecified atom stereocenters. The predicted octanol–water partition coefficient (Wildman–Crippen LogP) is 1.48. The van der Waals surface area contributed by atoms with Gasteiger partial charge in [-0.2, -0.15) is 0 Å². The van der Waals surface area contributed by atoms with Crippen LogP contribution in [-0.4, -0.2) is 54.4 Å². The molecule has 22 heavy (non-hydrogen) atoms. The Morgan fingerprint density at radius 2 is 2.00 bits per heavy atom. The molecule has 1 aromatic heterocycles. The smallest absolute Gasteiger partial charge is 0.226 e. The van der Waals surface area contributed by atoms with Crippen molar-refractivity contribution in [2.24, 2.45) is 5.92 Å². The van der Waals surface area contributed by atoms with Gasteiger partial charge in [0.2, 0.25) is 15.9 Å². The molecule has 122 valence electrons. The lowest BCUT2D eigenvalue weighted by Gasteiger charge is -2.33. The molecule has 3 heterocycles. The number of rotatable bonds is 3. The van der Waals surface area contributed by atoms with Crippen molar-refractivity contribution >= 4 is 27.3 Å². The normalized spacial score (nSPS) is 24.8. The van der Waals surface area contributed by atoms with Crippen molar-refractivity contribution in [1.29, 1.82) is 0 Å². The Balaban J connectivity index is 1.65. The van der Waals surface area contributed by atoms with Gasteiger partial charge in [-0.05, 0) is 25.7 Å². The van der Waals surface area contributed by atoms with Gasteiger partial charge in [0.05, 0.1) is 12.3 Å². The average molecular weight is 343 g/mol. The number of aromatic nitrogens is 1. The minimum Gasteiger partial charge on any atom is -0.333 e. The number of piperidine rings is 1. The van der Waals surface area contributed by atoms with Crippen molar-refractivity contribution in [1.82, 2.24) is 14.2 Å². The van der Waals surface area contributed by atoms with Gasteiger partial charge in [-0.15, -0.1) is 11.3 Å². The molecule has 2 aliphatic rings. The summed E-state index contributed by atoms with van der Waals surface area (Å²) in [4.78, 5) is 19.1. The highest BCUT2D eigenvalue weighted by Crippen LogP contribution is 2.35. The summed E-state index contributed by atoms with van der Waals surface area (Å²) in [5, 5.41) is 2.96. The van der Waals surface area contributed by atoms with Gasteiger partial charge in [0.1, 0.15) is 5.01 Å². The van der Waals surface area contributed by atoms with Gasteiger partial charge >= 0.3 is 0 Å². The quantitative estimate of drug-likeness (QED) is 0.833. The highest BCUT2D eigenvalue weighted by Gasteiger charge is 2.37. The maximum absolute atomic E-state index is 12.8. The highest BCUT2D eigenvalue weighted by atomic mass is 32.2. The summed E-state index contributed by atoms with van der Waals surface area (Å²) >= 11 is 1.60. The molecule has 0 radical (unpaired) electrons. The van der Waals surface area contributed by atoms with E-state index in [1.165, 1.54) is 10.6 Å². The molecule has 0 aromatic carbocycles. The zero-order chi connectivity index (χ0) is 15.7. The molecular formula is C14H21N3O3S2. The maximum atomic E-state index is 12.8. The first kappa shape index (κ1) is 15.9. The monoisotopic (exact) mass is 343 g/mol. The fourth-order valence-electron chi connectivity index (χ4n) is 3.36. The minimum atomic E-state index is -3.14. The summed E-state index contributed by atoms with van der Waals surface area (Å²) < 4.78 is 24.6. The molecule has 6 nitrogen and oxygen atoms in total. The number of hydrogen-bond donors (Lipinski definition) is 0. The molecule has 0 spiro atoms. The van der Waals surface area contributed by atoms with Crippen LogP contribution in [0.3, 0.4) is 0 Å². The number of nitrogens with zero attached hydrogens (tertiary/aromatic N) is 3. The van der Waals surface area contributed by atoms with Crippen LogP contribution in [0.5, 0.6) is 0 Å². The maximum Gasteiger partial charge on any atom is 0.226 e. The van der Waals surface area contributed by atoms with E-state index in [4.69, 9.17) is 0 Å². The van der Waals surface area contributed by atoms with Gasteiger partial charge < -0.3 is 4.90 Å². The van der Waals surface area contributed by atoms with E-state index < -0.39 is 10.0 Å². The van der Waals surface area contributed by atoms with Crippen LogP contribution in [0.2, 0.25) is 0 Å². The third-order valence-electron chi connectivity index (χ3n) is 4.54. The molecule has 0 bridgehead atoms. The average Bonchev–Trinajstić information content (AvgIpc) is 3.16. The number of carbonyl (C=O) groups is 1. The molecule has 2 fully saturated rings. The minimum absolute atomic E-state index is 0.0569. The number of hydrogen-bond acceptors (Lipinski definition) is 5. The van der Waals surface area contributed by atoms with E-state index in [0.29, 0.717) is 25.9 Å². The van der Waals surface area contributed by atoms with Gasteiger partial charge in [-0.3, -0.25) is 4.79 Å². The first-order valence-electron chi connectivity index (χ1n) is 7.62. The molecule has 2 aliphatic heterocycles. The Morgan fingerprint density at radius 1 is 1.27 bits per heavy atom. The van der Waals surface area contributed by atoms with E-state index in [-0.39, 0.29) is 17.9 Å². The lowest BCUT2D eigenvalue weighted by atomic mass is 9.96.